The fourth-order valence-electron chi connectivity index (χ4n) is 2.23. The third kappa shape index (κ3) is 3.24. The highest BCUT2D eigenvalue weighted by atomic mass is 16.2. The van der Waals surface area contributed by atoms with Crippen LogP contribution in [0.5, 0.6) is 0 Å². The largest absolute Gasteiger partial charge is 0.348 e. The highest BCUT2D eigenvalue weighted by molar-refractivity contribution is 5.93. The van der Waals surface area contributed by atoms with Crippen LogP contribution in [-0.2, 0) is 0 Å². The van der Waals surface area contributed by atoms with Crippen LogP contribution in [-0.4, -0.2) is 21.9 Å². The number of anilines is 2. The summed E-state index contributed by atoms with van der Waals surface area (Å²) in [5, 5.41) is 6.17. The van der Waals surface area contributed by atoms with Gasteiger partial charge in [0.1, 0.15) is 5.69 Å². The molecule has 1 fully saturated rings. The Morgan fingerprint density at radius 1 is 1.18 bits per heavy atom. The van der Waals surface area contributed by atoms with Gasteiger partial charge in [-0.25, -0.2) is 9.97 Å². The van der Waals surface area contributed by atoms with Gasteiger partial charge in [-0.3, -0.25) is 4.79 Å². The molecule has 114 valence electrons. The molecule has 3 rings (SSSR count). The van der Waals surface area contributed by atoms with Crippen molar-refractivity contribution in [2.45, 2.75) is 39.7 Å². The number of carbonyl (C=O) groups excluding carboxylic acids is 1. The SMILES string of the molecule is Cc1cc(C(=O)NC2CC2)nc(Nc2cccc(C)c2C)n1. The molecule has 0 bridgehead atoms. The lowest BCUT2D eigenvalue weighted by Crippen LogP contribution is -2.26. The van der Waals surface area contributed by atoms with E-state index in [4.69, 9.17) is 0 Å². The van der Waals surface area contributed by atoms with Gasteiger partial charge in [-0.2, -0.15) is 0 Å². The molecule has 2 aromatic rings. The van der Waals surface area contributed by atoms with E-state index in [9.17, 15) is 4.79 Å². The van der Waals surface area contributed by atoms with E-state index < -0.39 is 0 Å². The zero-order valence-electron chi connectivity index (χ0n) is 13.1. The summed E-state index contributed by atoms with van der Waals surface area (Å²) in [6, 6.07) is 8.07. The quantitative estimate of drug-likeness (QED) is 0.910. The molecule has 2 N–H and O–H groups in total. The number of nitrogens with zero attached hydrogens (tertiary/aromatic N) is 2. The van der Waals surface area contributed by atoms with E-state index in [-0.39, 0.29) is 5.91 Å². The second-order valence-corrected chi connectivity index (χ2v) is 5.84. The van der Waals surface area contributed by atoms with Crippen molar-refractivity contribution in [3.63, 3.8) is 0 Å². The molecule has 1 aliphatic rings. The second-order valence-electron chi connectivity index (χ2n) is 5.84. The summed E-state index contributed by atoms with van der Waals surface area (Å²) < 4.78 is 0. The van der Waals surface area contributed by atoms with Crippen LogP contribution in [0.15, 0.2) is 24.3 Å². The fraction of sp³-hybridized carbons (Fsp3) is 0.353. The number of benzene rings is 1. The number of amides is 1. The smallest absolute Gasteiger partial charge is 0.270 e. The van der Waals surface area contributed by atoms with Crippen molar-refractivity contribution in [3.05, 3.63) is 46.8 Å². The molecule has 1 saturated carbocycles. The number of nitrogens with one attached hydrogen (secondary N) is 2. The molecule has 1 heterocycles. The van der Waals surface area contributed by atoms with Crippen molar-refractivity contribution in [2.75, 3.05) is 5.32 Å². The molecule has 0 aliphatic heterocycles. The summed E-state index contributed by atoms with van der Waals surface area (Å²) in [5.74, 6) is 0.326. The minimum Gasteiger partial charge on any atom is -0.348 e. The first-order valence-corrected chi connectivity index (χ1v) is 7.53. The number of aromatic nitrogens is 2. The molecule has 5 nitrogen and oxygen atoms in total. The van der Waals surface area contributed by atoms with Crippen LogP contribution in [0.2, 0.25) is 0 Å². The Labute approximate surface area is 130 Å². The number of hydrogen-bond donors (Lipinski definition) is 2. The zero-order valence-corrected chi connectivity index (χ0v) is 13.1. The summed E-state index contributed by atoms with van der Waals surface area (Å²) in [6.45, 7) is 5.98. The Hall–Kier alpha value is -2.43. The lowest BCUT2D eigenvalue weighted by atomic mass is 10.1. The highest BCUT2D eigenvalue weighted by Gasteiger charge is 2.24. The van der Waals surface area contributed by atoms with Crippen molar-refractivity contribution in [1.82, 2.24) is 15.3 Å². The normalized spacial score (nSPS) is 13.8. The van der Waals surface area contributed by atoms with Gasteiger partial charge in [0.15, 0.2) is 0 Å². The van der Waals surface area contributed by atoms with Gasteiger partial charge < -0.3 is 10.6 Å². The highest BCUT2D eigenvalue weighted by Crippen LogP contribution is 2.22. The predicted molar refractivity (Wildman–Crippen MR) is 86.5 cm³/mol. The predicted octanol–water partition coefficient (Wildman–Crippen LogP) is 3.04. The van der Waals surface area contributed by atoms with Crippen molar-refractivity contribution in [2.24, 2.45) is 0 Å². The first kappa shape index (κ1) is 14.5. The Kier molecular flexibility index (Phi) is 3.79. The molecular weight excluding hydrogens is 276 g/mol. The maximum atomic E-state index is 12.1. The van der Waals surface area contributed by atoms with Gasteiger partial charge in [-0.1, -0.05) is 12.1 Å². The summed E-state index contributed by atoms with van der Waals surface area (Å²) in [5.41, 5.74) is 4.48. The first-order valence-electron chi connectivity index (χ1n) is 7.53. The Morgan fingerprint density at radius 3 is 2.68 bits per heavy atom. The van der Waals surface area contributed by atoms with E-state index in [2.05, 4.69) is 33.6 Å². The van der Waals surface area contributed by atoms with Crippen molar-refractivity contribution < 1.29 is 4.79 Å². The average Bonchev–Trinajstić information content (AvgIpc) is 3.27. The molecule has 22 heavy (non-hydrogen) atoms. The topological polar surface area (TPSA) is 66.9 Å². The van der Waals surface area contributed by atoms with E-state index in [1.807, 2.05) is 26.0 Å². The molecule has 1 amide bonds. The van der Waals surface area contributed by atoms with E-state index in [0.29, 0.717) is 17.7 Å². The lowest BCUT2D eigenvalue weighted by molar-refractivity contribution is 0.0946. The van der Waals surface area contributed by atoms with Crippen LogP contribution in [0.25, 0.3) is 0 Å². The number of carbonyl (C=O) groups is 1. The zero-order chi connectivity index (χ0) is 15.7. The van der Waals surface area contributed by atoms with Crippen LogP contribution in [0.4, 0.5) is 11.6 Å². The van der Waals surface area contributed by atoms with Gasteiger partial charge in [0.2, 0.25) is 5.95 Å². The third-order valence-corrected chi connectivity index (χ3v) is 3.85. The summed E-state index contributed by atoms with van der Waals surface area (Å²) in [6.07, 6.45) is 2.12. The molecule has 0 radical (unpaired) electrons. The number of aryl methyl sites for hydroxylation is 2. The lowest BCUT2D eigenvalue weighted by Gasteiger charge is -2.11. The van der Waals surface area contributed by atoms with Gasteiger partial charge >= 0.3 is 0 Å². The Morgan fingerprint density at radius 2 is 1.95 bits per heavy atom. The standard InChI is InChI=1S/C17H20N4O/c1-10-5-4-6-14(12(10)3)20-17-18-11(2)9-15(21-17)16(22)19-13-7-8-13/h4-6,9,13H,7-8H2,1-3H3,(H,19,22)(H,18,20,21). The molecule has 0 saturated heterocycles. The third-order valence-electron chi connectivity index (χ3n) is 3.85. The summed E-state index contributed by atoms with van der Waals surface area (Å²) in [4.78, 5) is 20.9. The molecule has 0 unspecified atom stereocenters. The number of hydrogen-bond acceptors (Lipinski definition) is 4. The second kappa shape index (κ2) is 5.75. The molecule has 0 spiro atoms. The van der Waals surface area contributed by atoms with Gasteiger partial charge in [-0.15, -0.1) is 0 Å². The Balaban J connectivity index is 1.85. The van der Waals surface area contributed by atoms with E-state index >= 15 is 0 Å². The van der Waals surface area contributed by atoms with E-state index in [0.717, 1.165) is 29.8 Å². The maximum absolute atomic E-state index is 12.1. The minimum absolute atomic E-state index is 0.128. The maximum Gasteiger partial charge on any atom is 0.270 e. The summed E-state index contributed by atoms with van der Waals surface area (Å²) in [7, 11) is 0. The van der Waals surface area contributed by atoms with Gasteiger partial charge in [0, 0.05) is 17.4 Å². The van der Waals surface area contributed by atoms with Crippen molar-refractivity contribution in [3.8, 4) is 0 Å². The van der Waals surface area contributed by atoms with Crippen molar-refractivity contribution in [1.29, 1.82) is 0 Å². The first-order chi connectivity index (χ1) is 10.5. The van der Waals surface area contributed by atoms with Gasteiger partial charge in [-0.05, 0) is 56.9 Å². The molecule has 5 heteroatoms. The van der Waals surface area contributed by atoms with Crippen LogP contribution < -0.4 is 10.6 Å². The van der Waals surface area contributed by atoms with E-state index in [1.165, 1.54) is 5.56 Å². The van der Waals surface area contributed by atoms with Crippen LogP contribution in [0.1, 0.15) is 40.2 Å². The Bertz CT molecular complexity index is 723. The van der Waals surface area contributed by atoms with Gasteiger partial charge in [0.25, 0.3) is 5.91 Å². The molecule has 1 aromatic heterocycles. The molecule has 1 aliphatic carbocycles. The van der Waals surface area contributed by atoms with Gasteiger partial charge in [0.05, 0.1) is 0 Å². The fourth-order valence-corrected chi connectivity index (χ4v) is 2.23. The monoisotopic (exact) mass is 296 g/mol. The van der Waals surface area contributed by atoms with Crippen LogP contribution in [0.3, 0.4) is 0 Å². The summed E-state index contributed by atoms with van der Waals surface area (Å²) >= 11 is 0. The number of rotatable bonds is 4. The van der Waals surface area contributed by atoms with Crippen LogP contribution >= 0.6 is 0 Å². The van der Waals surface area contributed by atoms with Crippen LogP contribution in [0, 0.1) is 20.8 Å². The van der Waals surface area contributed by atoms with Crippen molar-refractivity contribution >= 4 is 17.5 Å². The average molecular weight is 296 g/mol. The molecule has 0 atom stereocenters. The van der Waals surface area contributed by atoms with E-state index in [1.54, 1.807) is 6.07 Å². The minimum atomic E-state index is -0.128. The molecule has 1 aromatic carbocycles. The molecular formula is C17H20N4O.